The molecule has 5 heteroatoms. The second kappa shape index (κ2) is 9.36. The number of rotatable bonds is 7. The Morgan fingerprint density at radius 1 is 1.00 bits per heavy atom. The van der Waals surface area contributed by atoms with Crippen molar-refractivity contribution in [1.29, 1.82) is 0 Å². The number of thioether (sulfide) groups is 1. The predicted octanol–water partition coefficient (Wildman–Crippen LogP) is 5.99. The van der Waals surface area contributed by atoms with Crippen molar-refractivity contribution in [3.63, 3.8) is 0 Å². The van der Waals surface area contributed by atoms with Gasteiger partial charge in [-0.25, -0.2) is 0 Å². The molecule has 0 aliphatic rings. The molecule has 24 heavy (non-hydrogen) atoms. The number of hydrogen-bond donors (Lipinski definition) is 1. The Hall–Kier alpha value is -1.16. The molecular weight excluding hydrogens is 361 g/mol. The number of para-hydroxylation sites is 1. The Morgan fingerprint density at radius 2 is 1.54 bits per heavy atom. The van der Waals surface area contributed by atoms with Crippen LogP contribution < -0.4 is 5.32 Å². The van der Waals surface area contributed by atoms with E-state index >= 15 is 0 Å². The van der Waals surface area contributed by atoms with Gasteiger partial charge in [-0.1, -0.05) is 61.3 Å². The largest absolute Gasteiger partial charge is 0.325 e. The van der Waals surface area contributed by atoms with Crippen LogP contribution in [-0.4, -0.2) is 11.7 Å². The molecule has 0 saturated heterocycles. The van der Waals surface area contributed by atoms with E-state index in [1.54, 1.807) is 0 Å². The van der Waals surface area contributed by atoms with Gasteiger partial charge in [0.15, 0.2) is 0 Å². The second-order valence-electron chi connectivity index (χ2n) is 5.40. The van der Waals surface area contributed by atoms with Gasteiger partial charge < -0.3 is 5.32 Å². The molecule has 0 fully saturated rings. The first kappa shape index (κ1) is 19.2. The topological polar surface area (TPSA) is 29.1 Å². The van der Waals surface area contributed by atoms with Crippen LogP contribution in [0, 0.1) is 0 Å². The van der Waals surface area contributed by atoms with E-state index < -0.39 is 0 Å². The SMILES string of the molecule is CCc1cccc(CC)c1NC(=O)CSCc1c(Cl)cccc1Cl. The fraction of sp³-hybridized carbons (Fsp3) is 0.316. The zero-order valence-corrected chi connectivity index (χ0v) is 16.2. The van der Waals surface area contributed by atoms with Crippen LogP contribution in [0.5, 0.6) is 0 Å². The highest BCUT2D eigenvalue weighted by Gasteiger charge is 2.11. The number of nitrogens with one attached hydrogen (secondary N) is 1. The number of benzene rings is 2. The van der Waals surface area contributed by atoms with Crippen LogP contribution in [0.25, 0.3) is 0 Å². The maximum atomic E-state index is 12.3. The quantitative estimate of drug-likeness (QED) is 0.637. The number of amides is 1. The van der Waals surface area contributed by atoms with Crippen LogP contribution in [-0.2, 0) is 23.4 Å². The van der Waals surface area contributed by atoms with E-state index in [1.807, 2.05) is 24.3 Å². The van der Waals surface area contributed by atoms with Crippen molar-refractivity contribution in [2.75, 3.05) is 11.1 Å². The van der Waals surface area contributed by atoms with Crippen LogP contribution in [0.15, 0.2) is 36.4 Å². The maximum absolute atomic E-state index is 12.3. The molecule has 0 aliphatic carbocycles. The second-order valence-corrected chi connectivity index (χ2v) is 7.20. The standard InChI is InChI=1S/C19H21Cl2NOS/c1-3-13-7-5-8-14(4-2)19(13)22-18(23)12-24-11-15-16(20)9-6-10-17(15)21/h5-10H,3-4,11-12H2,1-2H3,(H,22,23). The molecule has 1 N–H and O–H groups in total. The number of hydrogen-bond acceptors (Lipinski definition) is 2. The number of carbonyl (C=O) groups excluding carboxylic acids is 1. The first-order valence-electron chi connectivity index (χ1n) is 7.98. The van der Waals surface area contributed by atoms with Gasteiger partial charge in [-0.05, 0) is 41.7 Å². The molecule has 0 unspecified atom stereocenters. The van der Waals surface area contributed by atoms with Crippen LogP contribution >= 0.6 is 35.0 Å². The molecule has 2 aromatic rings. The van der Waals surface area contributed by atoms with Crippen molar-refractivity contribution in [2.45, 2.75) is 32.4 Å². The fourth-order valence-electron chi connectivity index (χ4n) is 2.49. The summed E-state index contributed by atoms with van der Waals surface area (Å²) in [7, 11) is 0. The molecule has 1 amide bonds. The first-order chi connectivity index (χ1) is 11.6. The summed E-state index contributed by atoms with van der Waals surface area (Å²) in [5.74, 6) is 0.976. The molecule has 0 radical (unpaired) electrons. The normalized spacial score (nSPS) is 10.7. The van der Waals surface area contributed by atoms with E-state index in [4.69, 9.17) is 23.2 Å². The van der Waals surface area contributed by atoms with Crippen molar-refractivity contribution >= 4 is 46.6 Å². The minimum absolute atomic E-state index is 0.00113. The molecule has 2 aromatic carbocycles. The lowest BCUT2D eigenvalue weighted by Gasteiger charge is -2.14. The van der Waals surface area contributed by atoms with Crippen molar-refractivity contribution in [3.8, 4) is 0 Å². The molecule has 0 saturated carbocycles. The first-order valence-corrected chi connectivity index (χ1v) is 9.89. The Morgan fingerprint density at radius 3 is 2.08 bits per heavy atom. The lowest BCUT2D eigenvalue weighted by Crippen LogP contribution is -2.17. The monoisotopic (exact) mass is 381 g/mol. The third-order valence-electron chi connectivity index (χ3n) is 3.80. The zero-order chi connectivity index (χ0) is 17.5. The van der Waals surface area contributed by atoms with E-state index in [1.165, 1.54) is 22.9 Å². The molecule has 0 bridgehead atoms. The van der Waals surface area contributed by atoms with Crippen LogP contribution in [0.2, 0.25) is 10.0 Å². The van der Waals surface area contributed by atoms with Gasteiger partial charge >= 0.3 is 0 Å². The highest BCUT2D eigenvalue weighted by molar-refractivity contribution is 7.99. The van der Waals surface area contributed by atoms with E-state index in [9.17, 15) is 4.79 Å². The zero-order valence-electron chi connectivity index (χ0n) is 13.9. The Balaban J connectivity index is 1.97. The van der Waals surface area contributed by atoms with Crippen LogP contribution in [0.3, 0.4) is 0 Å². The highest BCUT2D eigenvalue weighted by Crippen LogP contribution is 2.28. The molecule has 0 aromatic heterocycles. The van der Waals surface area contributed by atoms with Gasteiger partial charge in [0.25, 0.3) is 0 Å². The summed E-state index contributed by atoms with van der Waals surface area (Å²) in [6, 6.07) is 11.6. The predicted molar refractivity (Wildman–Crippen MR) is 106 cm³/mol. The molecule has 0 atom stereocenters. The summed E-state index contributed by atoms with van der Waals surface area (Å²) in [4.78, 5) is 12.3. The Kier molecular flexibility index (Phi) is 7.47. The van der Waals surface area contributed by atoms with Gasteiger partial charge in [0.1, 0.15) is 0 Å². The summed E-state index contributed by atoms with van der Waals surface area (Å²) in [5.41, 5.74) is 4.18. The van der Waals surface area contributed by atoms with E-state index in [0.29, 0.717) is 21.6 Å². The summed E-state index contributed by atoms with van der Waals surface area (Å²) >= 11 is 13.8. The number of aryl methyl sites for hydroxylation is 2. The molecule has 2 rings (SSSR count). The highest BCUT2D eigenvalue weighted by atomic mass is 35.5. The average Bonchev–Trinajstić information content (AvgIpc) is 2.57. The number of halogens is 2. The van der Waals surface area contributed by atoms with Crippen LogP contribution in [0.4, 0.5) is 5.69 Å². The van der Waals surface area contributed by atoms with Gasteiger partial charge in [-0.3, -0.25) is 4.79 Å². The van der Waals surface area contributed by atoms with Gasteiger partial charge in [0, 0.05) is 21.5 Å². The lowest BCUT2D eigenvalue weighted by atomic mass is 10.0. The molecule has 128 valence electrons. The van der Waals surface area contributed by atoms with E-state index in [0.717, 1.165) is 24.1 Å². The number of anilines is 1. The minimum atomic E-state index is -0.00113. The van der Waals surface area contributed by atoms with E-state index in [-0.39, 0.29) is 5.91 Å². The smallest absolute Gasteiger partial charge is 0.234 e. The van der Waals surface area contributed by atoms with Gasteiger partial charge in [0.05, 0.1) is 5.75 Å². The Labute approximate surface area is 157 Å². The summed E-state index contributed by atoms with van der Waals surface area (Å²) in [6.45, 7) is 4.19. The lowest BCUT2D eigenvalue weighted by molar-refractivity contribution is -0.113. The number of carbonyl (C=O) groups is 1. The molecular formula is C19H21Cl2NOS. The third kappa shape index (κ3) is 4.92. The van der Waals surface area contributed by atoms with Gasteiger partial charge in [-0.2, -0.15) is 0 Å². The van der Waals surface area contributed by atoms with Gasteiger partial charge in [0.2, 0.25) is 5.91 Å². The summed E-state index contributed by atoms with van der Waals surface area (Å²) < 4.78 is 0. The third-order valence-corrected chi connectivity index (χ3v) is 5.47. The van der Waals surface area contributed by atoms with Gasteiger partial charge in [-0.15, -0.1) is 11.8 Å². The summed E-state index contributed by atoms with van der Waals surface area (Å²) in [5, 5.41) is 4.35. The molecule has 2 nitrogen and oxygen atoms in total. The van der Waals surface area contributed by atoms with Crippen molar-refractivity contribution in [3.05, 3.63) is 63.1 Å². The van der Waals surface area contributed by atoms with Crippen LogP contribution in [0.1, 0.15) is 30.5 Å². The van der Waals surface area contributed by atoms with Crippen molar-refractivity contribution < 1.29 is 4.79 Å². The van der Waals surface area contributed by atoms with Crippen molar-refractivity contribution in [1.82, 2.24) is 0 Å². The fourth-order valence-corrected chi connectivity index (χ4v) is 4.06. The molecule has 0 heterocycles. The van der Waals surface area contributed by atoms with E-state index in [2.05, 4.69) is 31.3 Å². The maximum Gasteiger partial charge on any atom is 0.234 e. The summed E-state index contributed by atoms with van der Waals surface area (Å²) in [6.07, 6.45) is 1.79. The molecule has 0 aliphatic heterocycles. The van der Waals surface area contributed by atoms with Crippen molar-refractivity contribution in [2.24, 2.45) is 0 Å². The Bertz CT molecular complexity index is 676. The average molecular weight is 382 g/mol. The molecule has 0 spiro atoms. The minimum Gasteiger partial charge on any atom is -0.325 e.